The summed E-state index contributed by atoms with van der Waals surface area (Å²) in [5, 5.41) is 3.25. The summed E-state index contributed by atoms with van der Waals surface area (Å²) in [5.74, 6) is 0.867. The number of halogens is 3. The number of hydrogen-bond donors (Lipinski definition) is 1. The zero-order valence-electron chi connectivity index (χ0n) is 12.1. The second-order valence-electron chi connectivity index (χ2n) is 5.64. The first-order chi connectivity index (χ1) is 10.0. The van der Waals surface area contributed by atoms with E-state index in [-0.39, 0.29) is 5.75 Å². The van der Waals surface area contributed by atoms with Gasteiger partial charge in [-0.3, -0.25) is 0 Å². The van der Waals surface area contributed by atoms with E-state index >= 15 is 0 Å². The van der Waals surface area contributed by atoms with Gasteiger partial charge >= 0.3 is 6.18 Å². The molecule has 21 heavy (non-hydrogen) atoms. The number of nitrogens with one attached hydrogen (secondary N) is 1. The summed E-state index contributed by atoms with van der Waals surface area (Å²) in [6.07, 6.45) is 3.16. The molecule has 2 rings (SSSR count). The van der Waals surface area contributed by atoms with E-state index in [1.807, 2.05) is 0 Å². The third kappa shape index (κ3) is 5.86. The van der Waals surface area contributed by atoms with Crippen LogP contribution in [0.5, 0.6) is 5.75 Å². The van der Waals surface area contributed by atoms with Gasteiger partial charge in [-0.1, -0.05) is 37.8 Å². The lowest BCUT2D eigenvalue weighted by molar-refractivity contribution is -0.153. The molecule has 0 aliphatic heterocycles. The normalized spacial score (nSPS) is 17.3. The first-order valence-electron chi connectivity index (χ1n) is 7.57. The van der Waals surface area contributed by atoms with Crippen molar-refractivity contribution in [1.29, 1.82) is 0 Å². The van der Waals surface area contributed by atoms with Gasteiger partial charge in [0.2, 0.25) is 0 Å². The molecule has 0 unspecified atom stereocenters. The molecule has 1 fully saturated rings. The summed E-state index contributed by atoms with van der Waals surface area (Å²) in [7, 11) is 0. The van der Waals surface area contributed by atoms with Crippen LogP contribution in [-0.4, -0.2) is 19.3 Å². The van der Waals surface area contributed by atoms with Crippen molar-refractivity contribution in [3.8, 4) is 5.75 Å². The number of benzene rings is 1. The van der Waals surface area contributed by atoms with Crippen molar-refractivity contribution >= 4 is 5.69 Å². The van der Waals surface area contributed by atoms with Crippen molar-refractivity contribution in [2.24, 2.45) is 5.92 Å². The Bertz CT molecular complexity index is 426. The molecule has 0 atom stereocenters. The molecule has 5 heteroatoms. The van der Waals surface area contributed by atoms with E-state index in [0.717, 1.165) is 6.54 Å². The largest absolute Gasteiger partial charge is 0.482 e. The molecule has 0 aromatic heterocycles. The fourth-order valence-corrected chi connectivity index (χ4v) is 2.72. The first kappa shape index (κ1) is 16.0. The molecule has 0 spiro atoms. The molecular formula is C16H22F3NO. The Morgan fingerprint density at radius 3 is 2.38 bits per heavy atom. The van der Waals surface area contributed by atoms with Crippen LogP contribution >= 0.6 is 0 Å². The Kier molecular flexibility index (Phi) is 5.76. The van der Waals surface area contributed by atoms with Crippen LogP contribution in [0.1, 0.15) is 38.5 Å². The first-order valence-corrected chi connectivity index (χ1v) is 7.57. The second kappa shape index (κ2) is 7.57. The Hall–Kier alpha value is -1.39. The summed E-state index contributed by atoms with van der Waals surface area (Å²) in [6.45, 7) is -0.457. The minimum atomic E-state index is -4.31. The Morgan fingerprint density at radius 1 is 1.05 bits per heavy atom. The summed E-state index contributed by atoms with van der Waals surface area (Å²) in [5.41, 5.74) is 0.644. The molecule has 1 N–H and O–H groups in total. The van der Waals surface area contributed by atoms with E-state index in [1.165, 1.54) is 38.5 Å². The van der Waals surface area contributed by atoms with Crippen LogP contribution in [0, 0.1) is 5.92 Å². The van der Waals surface area contributed by atoms with Crippen LogP contribution in [0.25, 0.3) is 0 Å². The summed E-state index contributed by atoms with van der Waals surface area (Å²) in [4.78, 5) is 0. The molecule has 1 aromatic carbocycles. The van der Waals surface area contributed by atoms with Crippen LogP contribution in [0.3, 0.4) is 0 Å². The molecule has 1 aliphatic rings. The average Bonchev–Trinajstić information content (AvgIpc) is 2.71. The molecule has 0 bridgehead atoms. The maximum absolute atomic E-state index is 12.2. The summed E-state index contributed by atoms with van der Waals surface area (Å²) >= 11 is 0. The van der Waals surface area contributed by atoms with Gasteiger partial charge in [-0.25, -0.2) is 0 Å². The topological polar surface area (TPSA) is 21.3 Å². The van der Waals surface area contributed by atoms with Gasteiger partial charge in [0.25, 0.3) is 0 Å². The number of ether oxygens (including phenoxy) is 1. The van der Waals surface area contributed by atoms with E-state index in [9.17, 15) is 13.2 Å². The lowest BCUT2D eigenvalue weighted by Gasteiger charge is -2.18. The van der Waals surface area contributed by atoms with Crippen LogP contribution < -0.4 is 10.1 Å². The molecule has 1 aromatic rings. The minimum Gasteiger partial charge on any atom is -0.482 e. The summed E-state index contributed by atoms with van der Waals surface area (Å²) in [6, 6.07) is 6.82. The van der Waals surface area contributed by atoms with Gasteiger partial charge in [-0.2, -0.15) is 13.2 Å². The number of rotatable bonds is 5. The molecule has 0 saturated heterocycles. The smallest absolute Gasteiger partial charge is 0.422 e. The van der Waals surface area contributed by atoms with Crippen molar-refractivity contribution in [3.63, 3.8) is 0 Å². The predicted octanol–water partition coefficient (Wildman–Crippen LogP) is 5.01. The van der Waals surface area contributed by atoms with E-state index in [4.69, 9.17) is 4.74 Å². The van der Waals surface area contributed by atoms with Crippen molar-refractivity contribution in [1.82, 2.24) is 0 Å². The van der Waals surface area contributed by atoms with Gasteiger partial charge in [0.15, 0.2) is 6.61 Å². The van der Waals surface area contributed by atoms with Crippen LogP contribution in [-0.2, 0) is 0 Å². The molecule has 0 radical (unpaired) electrons. The summed E-state index contributed by atoms with van der Waals surface area (Å²) < 4.78 is 41.6. The Morgan fingerprint density at radius 2 is 1.71 bits per heavy atom. The van der Waals surface area contributed by atoms with Crippen molar-refractivity contribution in [3.05, 3.63) is 24.3 Å². The predicted molar refractivity (Wildman–Crippen MR) is 77.7 cm³/mol. The third-order valence-electron chi connectivity index (χ3n) is 3.83. The molecule has 1 saturated carbocycles. The van der Waals surface area contributed by atoms with Gasteiger partial charge < -0.3 is 10.1 Å². The molecule has 1 aliphatic carbocycles. The SMILES string of the molecule is FC(F)(F)COc1ccccc1NCC1CCCCCC1. The van der Waals surface area contributed by atoms with E-state index < -0.39 is 12.8 Å². The minimum absolute atomic E-state index is 0.267. The highest BCUT2D eigenvalue weighted by molar-refractivity contribution is 5.56. The average molecular weight is 301 g/mol. The quantitative estimate of drug-likeness (QED) is 0.772. The van der Waals surface area contributed by atoms with E-state index in [1.54, 1.807) is 24.3 Å². The second-order valence-corrected chi connectivity index (χ2v) is 5.64. The molecule has 118 valence electrons. The number of alkyl halides is 3. The van der Waals surface area contributed by atoms with Crippen molar-refractivity contribution in [2.75, 3.05) is 18.5 Å². The molecular weight excluding hydrogens is 279 g/mol. The highest BCUT2D eigenvalue weighted by atomic mass is 19.4. The lowest BCUT2D eigenvalue weighted by Crippen LogP contribution is -2.20. The number of para-hydroxylation sites is 2. The Balaban J connectivity index is 1.89. The zero-order valence-corrected chi connectivity index (χ0v) is 12.1. The number of hydrogen-bond acceptors (Lipinski definition) is 2. The van der Waals surface area contributed by atoms with Gasteiger partial charge in [0.1, 0.15) is 5.75 Å². The number of anilines is 1. The van der Waals surface area contributed by atoms with Crippen LogP contribution in [0.15, 0.2) is 24.3 Å². The molecule has 0 heterocycles. The lowest BCUT2D eigenvalue weighted by atomic mass is 10.0. The van der Waals surface area contributed by atoms with Gasteiger partial charge in [0.05, 0.1) is 5.69 Å². The maximum Gasteiger partial charge on any atom is 0.422 e. The van der Waals surface area contributed by atoms with Crippen LogP contribution in [0.2, 0.25) is 0 Å². The Labute approximate surface area is 123 Å². The fraction of sp³-hybridized carbons (Fsp3) is 0.625. The van der Waals surface area contributed by atoms with E-state index in [0.29, 0.717) is 11.6 Å². The van der Waals surface area contributed by atoms with Gasteiger partial charge in [-0.15, -0.1) is 0 Å². The highest BCUT2D eigenvalue weighted by Gasteiger charge is 2.28. The van der Waals surface area contributed by atoms with Gasteiger partial charge in [-0.05, 0) is 30.9 Å². The van der Waals surface area contributed by atoms with Crippen molar-refractivity contribution < 1.29 is 17.9 Å². The fourth-order valence-electron chi connectivity index (χ4n) is 2.72. The molecule has 2 nitrogen and oxygen atoms in total. The van der Waals surface area contributed by atoms with E-state index in [2.05, 4.69) is 5.32 Å². The monoisotopic (exact) mass is 301 g/mol. The van der Waals surface area contributed by atoms with Gasteiger partial charge in [0, 0.05) is 6.54 Å². The highest BCUT2D eigenvalue weighted by Crippen LogP contribution is 2.28. The zero-order chi connectivity index (χ0) is 15.1. The third-order valence-corrected chi connectivity index (χ3v) is 3.83. The maximum atomic E-state index is 12.2. The van der Waals surface area contributed by atoms with Crippen molar-refractivity contribution in [2.45, 2.75) is 44.7 Å². The standard InChI is InChI=1S/C16H22F3NO/c17-16(18,19)12-21-15-10-6-5-9-14(15)20-11-13-7-3-1-2-4-8-13/h5-6,9-10,13,20H,1-4,7-8,11-12H2. The molecule has 0 amide bonds. The van der Waals surface area contributed by atoms with Crippen LogP contribution in [0.4, 0.5) is 18.9 Å².